The Morgan fingerprint density at radius 3 is 2.62 bits per heavy atom. The van der Waals surface area contributed by atoms with E-state index in [1.165, 1.54) is 12.6 Å². The molecule has 3 N–H and O–H groups in total. The molecule has 1 saturated carbocycles. The predicted molar refractivity (Wildman–Crippen MR) is 83.1 cm³/mol. The van der Waals surface area contributed by atoms with Gasteiger partial charge >= 0.3 is 0 Å². The van der Waals surface area contributed by atoms with Crippen LogP contribution in [0.4, 0.5) is 5.69 Å². The highest BCUT2D eigenvalue weighted by Crippen LogP contribution is 2.35. The van der Waals surface area contributed by atoms with Crippen LogP contribution < -0.4 is 11.1 Å². The summed E-state index contributed by atoms with van der Waals surface area (Å²) in [5, 5.41) is 2.98. The minimum Gasteiger partial charge on any atom is -0.396 e. The fraction of sp³-hybridized carbons (Fsp3) is 0.667. The summed E-state index contributed by atoms with van der Waals surface area (Å²) in [6, 6.07) is 0. The average molecular weight is 291 g/mol. The van der Waals surface area contributed by atoms with Gasteiger partial charge in [-0.1, -0.05) is 13.8 Å². The molecule has 1 aromatic heterocycles. The Balaban J connectivity index is 2.08. The number of hydrogen-bond acceptors (Lipinski definition) is 5. The van der Waals surface area contributed by atoms with Crippen LogP contribution in [0.5, 0.6) is 0 Å². The molecule has 0 radical (unpaired) electrons. The van der Waals surface area contributed by atoms with Gasteiger partial charge in [-0.05, 0) is 33.4 Å². The van der Waals surface area contributed by atoms with E-state index in [1.54, 1.807) is 0 Å². The van der Waals surface area contributed by atoms with Gasteiger partial charge in [0, 0.05) is 18.0 Å². The first-order valence-electron chi connectivity index (χ1n) is 7.44. The highest BCUT2D eigenvalue weighted by molar-refractivity contribution is 5.96. The lowest BCUT2D eigenvalue weighted by Crippen LogP contribution is -2.57. The minimum atomic E-state index is -0.218. The topological polar surface area (TPSA) is 84.1 Å². The quantitative estimate of drug-likeness (QED) is 0.856. The summed E-state index contributed by atoms with van der Waals surface area (Å²) in [4.78, 5) is 23.0. The van der Waals surface area contributed by atoms with Crippen molar-refractivity contribution in [1.29, 1.82) is 0 Å². The van der Waals surface area contributed by atoms with E-state index in [1.807, 2.05) is 13.8 Å². The average Bonchev–Trinajstić information content (AvgIpc) is 2.36. The normalized spacial score (nSPS) is 16.9. The summed E-state index contributed by atoms with van der Waals surface area (Å²) in [6.45, 7) is 4.60. The van der Waals surface area contributed by atoms with E-state index in [2.05, 4.69) is 34.3 Å². The Morgan fingerprint density at radius 1 is 1.48 bits per heavy atom. The zero-order valence-electron chi connectivity index (χ0n) is 13.3. The molecule has 21 heavy (non-hydrogen) atoms. The number of amides is 1. The number of hydrogen-bond donors (Lipinski definition) is 2. The number of nitrogen functional groups attached to an aromatic ring is 1. The Hall–Kier alpha value is -1.69. The van der Waals surface area contributed by atoms with E-state index in [9.17, 15) is 4.79 Å². The van der Waals surface area contributed by atoms with E-state index in [0.717, 1.165) is 12.8 Å². The first-order valence-corrected chi connectivity index (χ1v) is 7.44. The molecule has 0 saturated heterocycles. The molecule has 0 aromatic carbocycles. The lowest BCUT2D eigenvalue weighted by atomic mass is 9.75. The molecule has 0 spiro atoms. The largest absolute Gasteiger partial charge is 0.396 e. The first-order chi connectivity index (χ1) is 9.85. The third kappa shape index (κ3) is 3.15. The van der Waals surface area contributed by atoms with Crippen molar-refractivity contribution in [2.45, 2.75) is 44.6 Å². The number of carbonyl (C=O) groups is 1. The third-order valence-electron chi connectivity index (χ3n) is 4.38. The summed E-state index contributed by atoms with van der Waals surface area (Å²) in [7, 11) is 4.11. The predicted octanol–water partition coefficient (Wildman–Crippen LogP) is 1.40. The summed E-state index contributed by atoms with van der Waals surface area (Å²) in [6.07, 6.45) is 4.94. The third-order valence-corrected chi connectivity index (χ3v) is 4.38. The van der Waals surface area contributed by atoms with Gasteiger partial charge in [-0.15, -0.1) is 0 Å². The second-order valence-corrected chi connectivity index (χ2v) is 6.34. The van der Waals surface area contributed by atoms with Crippen molar-refractivity contribution in [1.82, 2.24) is 20.2 Å². The van der Waals surface area contributed by atoms with E-state index in [0.29, 0.717) is 18.1 Å². The van der Waals surface area contributed by atoms with E-state index < -0.39 is 0 Å². The molecule has 0 unspecified atom stereocenters. The van der Waals surface area contributed by atoms with Crippen LogP contribution in [0, 0.1) is 0 Å². The van der Waals surface area contributed by atoms with Gasteiger partial charge in [-0.2, -0.15) is 0 Å². The highest BCUT2D eigenvalue weighted by atomic mass is 16.1. The van der Waals surface area contributed by atoms with Crippen LogP contribution in [0.15, 0.2) is 6.20 Å². The van der Waals surface area contributed by atoms with Gasteiger partial charge in [0.2, 0.25) is 0 Å². The van der Waals surface area contributed by atoms with Crippen molar-refractivity contribution in [2.75, 3.05) is 26.4 Å². The van der Waals surface area contributed by atoms with Crippen molar-refractivity contribution in [2.24, 2.45) is 0 Å². The van der Waals surface area contributed by atoms with E-state index in [-0.39, 0.29) is 23.1 Å². The van der Waals surface area contributed by atoms with Crippen LogP contribution in [0.25, 0.3) is 0 Å². The standard InChI is InChI=1S/C15H25N5O/c1-10(2)13-17-8-11(16)12(19-13)14(21)18-9-15(20(3)4)6-5-7-15/h8,10H,5-7,9,16H2,1-4H3,(H,18,21). The summed E-state index contributed by atoms with van der Waals surface area (Å²) < 4.78 is 0. The smallest absolute Gasteiger partial charge is 0.272 e. The van der Waals surface area contributed by atoms with Crippen molar-refractivity contribution >= 4 is 11.6 Å². The molecule has 1 aliphatic carbocycles. The van der Waals surface area contributed by atoms with E-state index in [4.69, 9.17) is 5.73 Å². The molecule has 6 heteroatoms. The van der Waals surface area contributed by atoms with Gasteiger partial charge < -0.3 is 16.0 Å². The SMILES string of the molecule is CC(C)c1ncc(N)c(C(=O)NCC2(N(C)C)CCC2)n1. The number of rotatable bonds is 5. The maximum Gasteiger partial charge on any atom is 0.272 e. The molecule has 1 amide bonds. The summed E-state index contributed by atoms with van der Waals surface area (Å²) in [5.41, 5.74) is 6.52. The van der Waals surface area contributed by atoms with Crippen LogP contribution in [0.1, 0.15) is 55.3 Å². The van der Waals surface area contributed by atoms with Crippen molar-refractivity contribution in [3.8, 4) is 0 Å². The number of nitrogens with one attached hydrogen (secondary N) is 1. The Labute approximate surface area is 126 Å². The lowest BCUT2D eigenvalue weighted by molar-refractivity contribution is 0.0556. The van der Waals surface area contributed by atoms with Gasteiger partial charge in [0.15, 0.2) is 5.69 Å². The van der Waals surface area contributed by atoms with Gasteiger partial charge in [0.1, 0.15) is 5.82 Å². The number of carbonyl (C=O) groups excluding carboxylic acids is 1. The highest BCUT2D eigenvalue weighted by Gasteiger charge is 2.39. The Kier molecular flexibility index (Phi) is 4.46. The maximum absolute atomic E-state index is 12.3. The molecule has 116 valence electrons. The molecule has 1 aromatic rings. The monoisotopic (exact) mass is 291 g/mol. The molecule has 2 rings (SSSR count). The second kappa shape index (κ2) is 5.97. The first kappa shape index (κ1) is 15.7. The van der Waals surface area contributed by atoms with Crippen molar-refractivity contribution in [3.05, 3.63) is 17.7 Å². The fourth-order valence-electron chi connectivity index (χ4n) is 2.56. The molecular formula is C15H25N5O. The van der Waals surface area contributed by atoms with Gasteiger partial charge in [0.05, 0.1) is 11.9 Å². The zero-order chi connectivity index (χ0) is 15.6. The molecule has 1 fully saturated rings. The molecule has 1 aliphatic rings. The number of nitrogens with zero attached hydrogens (tertiary/aromatic N) is 3. The Bertz CT molecular complexity index is 523. The molecule has 0 atom stereocenters. The minimum absolute atomic E-state index is 0.0817. The zero-order valence-corrected chi connectivity index (χ0v) is 13.3. The molecule has 0 bridgehead atoms. The van der Waals surface area contributed by atoms with Crippen LogP contribution in [-0.2, 0) is 0 Å². The Morgan fingerprint density at radius 2 is 2.14 bits per heavy atom. The van der Waals surface area contributed by atoms with Crippen LogP contribution in [0.3, 0.4) is 0 Å². The van der Waals surface area contributed by atoms with Crippen LogP contribution in [0.2, 0.25) is 0 Å². The summed E-state index contributed by atoms with van der Waals surface area (Å²) in [5.74, 6) is 0.585. The second-order valence-electron chi connectivity index (χ2n) is 6.34. The molecular weight excluding hydrogens is 266 g/mol. The van der Waals surface area contributed by atoms with Gasteiger partial charge in [0.25, 0.3) is 5.91 Å². The summed E-state index contributed by atoms with van der Waals surface area (Å²) >= 11 is 0. The number of aromatic nitrogens is 2. The number of anilines is 1. The van der Waals surface area contributed by atoms with Gasteiger partial charge in [-0.25, -0.2) is 9.97 Å². The molecule has 1 heterocycles. The fourth-order valence-corrected chi connectivity index (χ4v) is 2.56. The van der Waals surface area contributed by atoms with Crippen molar-refractivity contribution in [3.63, 3.8) is 0 Å². The van der Waals surface area contributed by atoms with Gasteiger partial charge in [-0.3, -0.25) is 4.79 Å². The number of likely N-dealkylation sites (N-methyl/N-ethyl adjacent to an activating group) is 1. The van der Waals surface area contributed by atoms with Crippen LogP contribution >= 0.6 is 0 Å². The number of nitrogens with two attached hydrogens (primary N) is 1. The molecule has 6 nitrogen and oxygen atoms in total. The van der Waals surface area contributed by atoms with Crippen LogP contribution in [-0.4, -0.2) is 47.0 Å². The molecule has 0 aliphatic heterocycles. The lowest BCUT2D eigenvalue weighted by Gasteiger charge is -2.47. The van der Waals surface area contributed by atoms with Crippen molar-refractivity contribution < 1.29 is 4.79 Å². The van der Waals surface area contributed by atoms with E-state index >= 15 is 0 Å². The maximum atomic E-state index is 12.3.